The van der Waals surface area contributed by atoms with Gasteiger partial charge in [-0.1, -0.05) is 30.3 Å². The van der Waals surface area contributed by atoms with Crippen molar-refractivity contribution >= 4 is 16.7 Å². The maximum atomic E-state index is 11.0. The Morgan fingerprint density at radius 3 is 2.68 bits per heavy atom. The van der Waals surface area contributed by atoms with Crippen LogP contribution in [-0.4, -0.2) is 14.5 Å². The minimum Gasteiger partial charge on any atom is -0.326 e. The Morgan fingerprint density at radius 2 is 1.84 bits per heavy atom. The summed E-state index contributed by atoms with van der Waals surface area (Å²) in [7, 11) is 0. The second-order valence-corrected chi connectivity index (χ2v) is 4.25. The Labute approximate surface area is 109 Å². The Kier molecular flexibility index (Phi) is 2.72. The molecule has 1 heterocycles. The highest BCUT2D eigenvalue weighted by Crippen LogP contribution is 2.21. The molecular weight excluding hydrogens is 242 g/mol. The van der Waals surface area contributed by atoms with Gasteiger partial charge in [-0.2, -0.15) is 0 Å². The summed E-state index contributed by atoms with van der Waals surface area (Å²) in [4.78, 5) is 14.9. The van der Waals surface area contributed by atoms with Crippen molar-refractivity contribution in [2.75, 3.05) is 0 Å². The number of hydrogen-bond donors (Lipinski definition) is 0. The van der Waals surface area contributed by atoms with Gasteiger partial charge in [0.15, 0.2) is 0 Å². The van der Waals surface area contributed by atoms with Gasteiger partial charge in [-0.3, -0.25) is 10.1 Å². The Hall–Kier alpha value is -2.69. The van der Waals surface area contributed by atoms with Crippen molar-refractivity contribution < 1.29 is 4.92 Å². The van der Waals surface area contributed by atoms with Crippen molar-refractivity contribution in [1.29, 1.82) is 0 Å². The fourth-order valence-electron chi connectivity index (χ4n) is 2.14. The van der Waals surface area contributed by atoms with Gasteiger partial charge in [-0.15, -0.1) is 0 Å². The highest BCUT2D eigenvalue weighted by atomic mass is 16.6. The van der Waals surface area contributed by atoms with E-state index in [1.807, 2.05) is 28.8 Å². The number of rotatable bonds is 3. The SMILES string of the molecule is O=[N+]([O-])c1ccccc1Cn1cnc2ccccc21. The molecule has 0 amide bonds. The first-order chi connectivity index (χ1) is 9.25. The number of imidazole rings is 1. The van der Waals surface area contributed by atoms with E-state index in [4.69, 9.17) is 0 Å². The number of nitrogens with zero attached hydrogens (tertiary/aromatic N) is 3. The highest BCUT2D eigenvalue weighted by molar-refractivity contribution is 5.75. The standard InChI is InChI=1S/C14H11N3O2/c18-17(19)13-7-3-1-5-11(13)9-16-10-15-12-6-2-4-8-14(12)16/h1-8,10H,9H2. The normalized spacial score (nSPS) is 10.7. The summed E-state index contributed by atoms with van der Waals surface area (Å²) in [5.41, 5.74) is 2.68. The quantitative estimate of drug-likeness (QED) is 0.532. The summed E-state index contributed by atoms with van der Waals surface area (Å²) >= 11 is 0. The van der Waals surface area contributed by atoms with Crippen LogP contribution >= 0.6 is 0 Å². The van der Waals surface area contributed by atoms with Gasteiger partial charge in [-0.25, -0.2) is 4.98 Å². The van der Waals surface area contributed by atoms with E-state index in [1.54, 1.807) is 24.5 Å². The van der Waals surface area contributed by atoms with Crippen molar-refractivity contribution in [3.8, 4) is 0 Å². The number of fused-ring (bicyclic) bond motifs is 1. The lowest BCUT2D eigenvalue weighted by Crippen LogP contribution is -2.01. The number of aromatic nitrogens is 2. The van der Waals surface area contributed by atoms with Gasteiger partial charge in [0.25, 0.3) is 5.69 Å². The average Bonchev–Trinajstić information content (AvgIpc) is 2.83. The minimum atomic E-state index is -0.353. The zero-order chi connectivity index (χ0) is 13.2. The van der Waals surface area contributed by atoms with Crippen molar-refractivity contribution in [3.63, 3.8) is 0 Å². The lowest BCUT2D eigenvalue weighted by Gasteiger charge is -2.05. The van der Waals surface area contributed by atoms with Gasteiger partial charge >= 0.3 is 0 Å². The van der Waals surface area contributed by atoms with Crippen molar-refractivity contribution in [1.82, 2.24) is 9.55 Å². The van der Waals surface area contributed by atoms with Gasteiger partial charge in [0.05, 0.1) is 28.8 Å². The summed E-state index contributed by atoms with van der Waals surface area (Å²) in [6, 6.07) is 14.5. The molecule has 19 heavy (non-hydrogen) atoms. The predicted molar refractivity (Wildman–Crippen MR) is 71.9 cm³/mol. The van der Waals surface area contributed by atoms with Crippen LogP contribution in [0.4, 0.5) is 5.69 Å². The topological polar surface area (TPSA) is 61.0 Å². The van der Waals surface area contributed by atoms with Gasteiger partial charge in [-0.05, 0) is 12.1 Å². The second kappa shape index (κ2) is 4.53. The van der Waals surface area contributed by atoms with Gasteiger partial charge < -0.3 is 4.57 Å². The maximum absolute atomic E-state index is 11.0. The van der Waals surface area contributed by atoms with Crippen LogP contribution in [0.15, 0.2) is 54.9 Å². The molecule has 2 aromatic carbocycles. The summed E-state index contributed by atoms with van der Waals surface area (Å²) in [5.74, 6) is 0. The zero-order valence-corrected chi connectivity index (χ0v) is 10.1. The number of hydrogen-bond acceptors (Lipinski definition) is 3. The van der Waals surface area contributed by atoms with Crippen molar-refractivity contribution in [2.45, 2.75) is 6.54 Å². The summed E-state index contributed by atoms with van der Waals surface area (Å²) in [6.45, 7) is 0.442. The molecule has 94 valence electrons. The molecule has 0 aliphatic carbocycles. The Bertz CT molecular complexity index is 749. The number of nitro benzene ring substituents is 1. The lowest BCUT2D eigenvalue weighted by molar-refractivity contribution is -0.385. The third-order valence-electron chi connectivity index (χ3n) is 3.06. The van der Waals surface area contributed by atoms with E-state index in [-0.39, 0.29) is 10.6 Å². The fourth-order valence-corrected chi connectivity index (χ4v) is 2.14. The summed E-state index contributed by atoms with van der Waals surface area (Å²) in [5, 5.41) is 11.0. The molecule has 3 rings (SSSR count). The first kappa shape index (κ1) is 11.4. The smallest absolute Gasteiger partial charge is 0.274 e. The first-order valence-corrected chi connectivity index (χ1v) is 5.88. The highest BCUT2D eigenvalue weighted by Gasteiger charge is 2.13. The molecule has 0 aliphatic rings. The molecule has 0 aliphatic heterocycles. The average molecular weight is 253 g/mol. The molecule has 1 aromatic heterocycles. The Balaban J connectivity index is 2.04. The van der Waals surface area contributed by atoms with E-state index in [1.165, 1.54) is 6.07 Å². The Morgan fingerprint density at radius 1 is 1.11 bits per heavy atom. The molecule has 5 nitrogen and oxygen atoms in total. The van der Waals surface area contributed by atoms with E-state index in [2.05, 4.69) is 4.98 Å². The van der Waals surface area contributed by atoms with Gasteiger partial charge in [0, 0.05) is 11.6 Å². The molecule has 0 saturated heterocycles. The van der Waals surface area contributed by atoms with Crippen LogP contribution in [0.5, 0.6) is 0 Å². The van der Waals surface area contributed by atoms with Crippen LogP contribution in [0.25, 0.3) is 11.0 Å². The van der Waals surface area contributed by atoms with Crippen LogP contribution in [0.2, 0.25) is 0 Å². The minimum absolute atomic E-state index is 0.139. The summed E-state index contributed by atoms with van der Waals surface area (Å²) < 4.78 is 1.91. The number of benzene rings is 2. The molecule has 0 unspecified atom stereocenters. The van der Waals surface area contributed by atoms with E-state index in [0.717, 1.165) is 11.0 Å². The molecule has 0 atom stereocenters. The largest absolute Gasteiger partial charge is 0.326 e. The van der Waals surface area contributed by atoms with Crippen LogP contribution in [0.3, 0.4) is 0 Å². The fraction of sp³-hybridized carbons (Fsp3) is 0.0714. The third kappa shape index (κ3) is 2.06. The van der Waals surface area contributed by atoms with E-state index in [9.17, 15) is 10.1 Å². The number of nitro groups is 1. The molecule has 5 heteroatoms. The van der Waals surface area contributed by atoms with E-state index >= 15 is 0 Å². The van der Waals surface area contributed by atoms with E-state index < -0.39 is 0 Å². The van der Waals surface area contributed by atoms with Gasteiger partial charge in [0.1, 0.15) is 0 Å². The first-order valence-electron chi connectivity index (χ1n) is 5.88. The molecule has 0 radical (unpaired) electrons. The lowest BCUT2D eigenvalue weighted by atomic mass is 10.2. The number of para-hydroxylation sites is 3. The monoisotopic (exact) mass is 253 g/mol. The molecular formula is C14H11N3O2. The third-order valence-corrected chi connectivity index (χ3v) is 3.06. The maximum Gasteiger partial charge on any atom is 0.274 e. The van der Waals surface area contributed by atoms with Gasteiger partial charge in [0.2, 0.25) is 0 Å². The summed E-state index contributed by atoms with van der Waals surface area (Å²) in [6.07, 6.45) is 1.71. The molecule has 0 spiro atoms. The predicted octanol–water partition coefficient (Wildman–Crippen LogP) is 2.99. The van der Waals surface area contributed by atoms with Crippen LogP contribution in [0.1, 0.15) is 5.56 Å². The van der Waals surface area contributed by atoms with Crippen LogP contribution in [0, 0.1) is 10.1 Å². The van der Waals surface area contributed by atoms with Crippen LogP contribution in [-0.2, 0) is 6.54 Å². The molecule has 0 saturated carbocycles. The van der Waals surface area contributed by atoms with E-state index in [0.29, 0.717) is 12.1 Å². The molecule has 0 N–H and O–H groups in total. The zero-order valence-electron chi connectivity index (χ0n) is 10.1. The van der Waals surface area contributed by atoms with Crippen molar-refractivity contribution in [3.05, 3.63) is 70.5 Å². The molecule has 0 bridgehead atoms. The van der Waals surface area contributed by atoms with Crippen molar-refractivity contribution in [2.24, 2.45) is 0 Å². The second-order valence-electron chi connectivity index (χ2n) is 4.25. The molecule has 3 aromatic rings. The van der Waals surface area contributed by atoms with Crippen LogP contribution < -0.4 is 0 Å². The molecule has 0 fully saturated rings.